The third-order valence-corrected chi connectivity index (χ3v) is 2.05. The van der Waals surface area contributed by atoms with Crippen LogP contribution < -0.4 is 10.1 Å². The van der Waals surface area contributed by atoms with Gasteiger partial charge in [-0.1, -0.05) is 24.8 Å². The maximum absolute atomic E-state index is 11.8. The Morgan fingerprint density at radius 3 is 2.94 bits per heavy atom. The molecule has 17 heavy (non-hydrogen) atoms. The minimum Gasteiger partial charge on any atom is -0.489 e. The fraction of sp³-hybridized carbons (Fsp3) is 0.308. The van der Waals surface area contributed by atoms with Crippen molar-refractivity contribution in [1.29, 1.82) is 0 Å². The van der Waals surface area contributed by atoms with E-state index in [1.165, 1.54) is 0 Å². The van der Waals surface area contributed by atoms with Crippen LogP contribution in [0, 0.1) is 0 Å². The maximum atomic E-state index is 11.8. The predicted molar refractivity (Wildman–Crippen MR) is 66.1 cm³/mol. The average Bonchev–Trinajstić information content (AvgIpc) is 2.33. The molecule has 1 atom stereocenters. The van der Waals surface area contributed by atoms with E-state index in [0.717, 1.165) is 0 Å². The molecule has 0 radical (unpaired) electrons. The highest BCUT2D eigenvalue weighted by Gasteiger charge is 2.11. The first kappa shape index (κ1) is 13.3. The quantitative estimate of drug-likeness (QED) is 0.732. The van der Waals surface area contributed by atoms with Gasteiger partial charge in [-0.2, -0.15) is 0 Å². The standard InChI is InChI=1S/C13H17NO3/c1-3-8-17-12-7-5-4-6-11(12)13(16)14-9-10(2)15/h3-7,10,15H,1,8-9H2,2H3,(H,14,16)/t10-/m1/s1. The van der Waals surface area contributed by atoms with Gasteiger partial charge in [0.1, 0.15) is 12.4 Å². The molecule has 0 spiro atoms. The third kappa shape index (κ3) is 4.28. The van der Waals surface area contributed by atoms with Crippen LogP contribution in [-0.2, 0) is 0 Å². The predicted octanol–water partition coefficient (Wildman–Crippen LogP) is 1.36. The Hall–Kier alpha value is -1.81. The van der Waals surface area contributed by atoms with Crippen LogP contribution >= 0.6 is 0 Å². The van der Waals surface area contributed by atoms with Crippen molar-refractivity contribution < 1.29 is 14.6 Å². The summed E-state index contributed by atoms with van der Waals surface area (Å²) in [5.41, 5.74) is 0.454. The smallest absolute Gasteiger partial charge is 0.255 e. The first-order valence-electron chi connectivity index (χ1n) is 5.44. The van der Waals surface area contributed by atoms with E-state index in [-0.39, 0.29) is 12.5 Å². The Kier molecular flexibility index (Phi) is 5.23. The number of carbonyl (C=O) groups excluding carboxylic acids is 1. The fourth-order valence-electron chi connectivity index (χ4n) is 1.26. The Bertz CT molecular complexity index is 388. The van der Waals surface area contributed by atoms with E-state index in [9.17, 15) is 4.79 Å². The van der Waals surface area contributed by atoms with Gasteiger partial charge in [-0.25, -0.2) is 0 Å². The molecule has 0 aliphatic rings. The van der Waals surface area contributed by atoms with Crippen molar-refractivity contribution in [2.24, 2.45) is 0 Å². The van der Waals surface area contributed by atoms with Gasteiger partial charge < -0.3 is 15.2 Å². The zero-order valence-corrected chi connectivity index (χ0v) is 9.85. The summed E-state index contributed by atoms with van der Waals surface area (Å²) in [5, 5.41) is 11.7. The molecule has 1 aromatic rings. The van der Waals surface area contributed by atoms with Gasteiger partial charge >= 0.3 is 0 Å². The highest BCUT2D eigenvalue weighted by Crippen LogP contribution is 2.17. The van der Waals surface area contributed by atoms with E-state index >= 15 is 0 Å². The molecule has 1 rings (SSSR count). The number of ether oxygens (including phenoxy) is 1. The molecule has 0 fully saturated rings. The van der Waals surface area contributed by atoms with E-state index in [1.54, 1.807) is 37.3 Å². The van der Waals surface area contributed by atoms with Crippen LogP contribution in [0.3, 0.4) is 0 Å². The molecule has 1 aromatic carbocycles. The van der Waals surface area contributed by atoms with Crippen LogP contribution in [0.2, 0.25) is 0 Å². The largest absolute Gasteiger partial charge is 0.489 e. The number of carbonyl (C=O) groups is 1. The third-order valence-electron chi connectivity index (χ3n) is 2.05. The summed E-state index contributed by atoms with van der Waals surface area (Å²) in [5.74, 6) is 0.251. The van der Waals surface area contributed by atoms with Crippen molar-refractivity contribution in [3.8, 4) is 5.75 Å². The lowest BCUT2D eigenvalue weighted by Gasteiger charge is -2.11. The zero-order valence-electron chi connectivity index (χ0n) is 9.85. The summed E-state index contributed by atoms with van der Waals surface area (Å²) in [4.78, 5) is 11.8. The second kappa shape index (κ2) is 6.70. The maximum Gasteiger partial charge on any atom is 0.255 e. The number of rotatable bonds is 6. The second-order valence-electron chi connectivity index (χ2n) is 3.65. The van der Waals surface area contributed by atoms with Gasteiger partial charge in [0, 0.05) is 6.54 Å². The highest BCUT2D eigenvalue weighted by molar-refractivity contribution is 5.96. The summed E-state index contributed by atoms with van der Waals surface area (Å²) in [6.45, 7) is 5.73. The van der Waals surface area contributed by atoms with Gasteiger partial charge in [0.25, 0.3) is 5.91 Å². The number of nitrogens with one attached hydrogen (secondary N) is 1. The average molecular weight is 235 g/mol. The molecule has 0 saturated carbocycles. The van der Waals surface area contributed by atoms with Crippen LogP contribution in [0.5, 0.6) is 5.75 Å². The van der Waals surface area contributed by atoms with Crippen molar-refractivity contribution >= 4 is 5.91 Å². The Balaban J connectivity index is 2.74. The lowest BCUT2D eigenvalue weighted by atomic mass is 10.2. The van der Waals surface area contributed by atoms with Crippen LogP contribution in [0.25, 0.3) is 0 Å². The molecule has 0 aliphatic carbocycles. The summed E-state index contributed by atoms with van der Waals surface area (Å²) < 4.78 is 5.37. The normalized spacial score (nSPS) is 11.6. The van der Waals surface area contributed by atoms with Crippen LogP contribution in [0.15, 0.2) is 36.9 Å². The van der Waals surface area contributed by atoms with Crippen molar-refractivity contribution in [2.45, 2.75) is 13.0 Å². The van der Waals surface area contributed by atoms with Gasteiger partial charge in [0.15, 0.2) is 0 Å². The number of benzene rings is 1. The molecule has 2 N–H and O–H groups in total. The first-order valence-corrected chi connectivity index (χ1v) is 5.44. The summed E-state index contributed by atoms with van der Waals surface area (Å²) in [6, 6.07) is 6.96. The molecule has 0 bridgehead atoms. The van der Waals surface area contributed by atoms with Crippen LogP contribution in [0.4, 0.5) is 0 Å². The second-order valence-corrected chi connectivity index (χ2v) is 3.65. The lowest BCUT2D eigenvalue weighted by Crippen LogP contribution is -2.30. The van der Waals surface area contributed by atoms with Gasteiger partial charge in [0.2, 0.25) is 0 Å². The molecule has 0 heterocycles. The fourth-order valence-corrected chi connectivity index (χ4v) is 1.26. The minimum atomic E-state index is -0.569. The van der Waals surface area contributed by atoms with Crippen molar-refractivity contribution in [1.82, 2.24) is 5.32 Å². The van der Waals surface area contributed by atoms with E-state index in [1.807, 2.05) is 0 Å². The summed E-state index contributed by atoms with van der Waals surface area (Å²) >= 11 is 0. The summed E-state index contributed by atoms with van der Waals surface area (Å²) in [7, 11) is 0. The Morgan fingerprint density at radius 2 is 2.29 bits per heavy atom. The number of hydrogen-bond acceptors (Lipinski definition) is 3. The van der Waals surface area contributed by atoms with Gasteiger partial charge in [0.05, 0.1) is 11.7 Å². The van der Waals surface area contributed by atoms with Gasteiger partial charge in [-0.15, -0.1) is 0 Å². The Labute approximate surface area is 101 Å². The molecule has 4 heteroatoms. The number of para-hydroxylation sites is 1. The first-order chi connectivity index (χ1) is 8.15. The SMILES string of the molecule is C=CCOc1ccccc1C(=O)NC[C@@H](C)O. The van der Waals surface area contributed by atoms with Crippen molar-refractivity contribution in [2.75, 3.05) is 13.2 Å². The molecular weight excluding hydrogens is 218 g/mol. The van der Waals surface area contributed by atoms with E-state index in [0.29, 0.717) is 17.9 Å². The molecule has 92 valence electrons. The van der Waals surface area contributed by atoms with Gasteiger partial charge in [-0.05, 0) is 19.1 Å². The molecule has 0 unspecified atom stereocenters. The Morgan fingerprint density at radius 1 is 1.59 bits per heavy atom. The number of hydrogen-bond donors (Lipinski definition) is 2. The minimum absolute atomic E-state index is 0.217. The van der Waals surface area contributed by atoms with Crippen LogP contribution in [0.1, 0.15) is 17.3 Å². The number of aliphatic hydroxyl groups is 1. The number of amides is 1. The monoisotopic (exact) mass is 235 g/mol. The van der Waals surface area contributed by atoms with E-state index in [2.05, 4.69) is 11.9 Å². The highest BCUT2D eigenvalue weighted by atomic mass is 16.5. The van der Waals surface area contributed by atoms with E-state index in [4.69, 9.17) is 9.84 Å². The molecular formula is C13H17NO3. The molecule has 0 aliphatic heterocycles. The zero-order chi connectivity index (χ0) is 12.7. The van der Waals surface area contributed by atoms with Crippen LogP contribution in [-0.4, -0.2) is 30.3 Å². The van der Waals surface area contributed by atoms with Crippen molar-refractivity contribution in [3.63, 3.8) is 0 Å². The van der Waals surface area contributed by atoms with Gasteiger partial charge in [-0.3, -0.25) is 4.79 Å². The summed E-state index contributed by atoms with van der Waals surface area (Å²) in [6.07, 6.45) is 1.05. The topological polar surface area (TPSA) is 58.6 Å². The van der Waals surface area contributed by atoms with Crippen molar-refractivity contribution in [3.05, 3.63) is 42.5 Å². The molecule has 0 saturated heterocycles. The molecule has 0 aromatic heterocycles. The molecule has 4 nitrogen and oxygen atoms in total. The number of aliphatic hydroxyl groups excluding tert-OH is 1. The molecule has 1 amide bonds. The van der Waals surface area contributed by atoms with E-state index < -0.39 is 6.10 Å². The lowest BCUT2D eigenvalue weighted by molar-refractivity contribution is 0.0920.